The van der Waals surface area contributed by atoms with Crippen LogP contribution in [0.4, 0.5) is 5.82 Å². The van der Waals surface area contributed by atoms with E-state index >= 15 is 0 Å². The molecule has 1 N–H and O–H groups in total. The number of benzene rings is 1. The van der Waals surface area contributed by atoms with Gasteiger partial charge in [-0.2, -0.15) is 0 Å². The van der Waals surface area contributed by atoms with Crippen molar-refractivity contribution >= 4 is 21.6 Å². The third-order valence-corrected chi connectivity index (χ3v) is 7.25. The van der Waals surface area contributed by atoms with E-state index in [4.69, 9.17) is 9.47 Å². The Morgan fingerprint density at radius 2 is 1.90 bits per heavy atom. The number of carbonyl (C=O) groups is 1. The second-order valence-electron chi connectivity index (χ2n) is 7.52. The Morgan fingerprint density at radius 1 is 1.24 bits per heavy atom. The van der Waals surface area contributed by atoms with Gasteiger partial charge in [-0.05, 0) is 70.4 Å². The van der Waals surface area contributed by atoms with E-state index < -0.39 is 15.9 Å². The summed E-state index contributed by atoms with van der Waals surface area (Å²) in [5, 5.41) is 2.86. The fourth-order valence-corrected chi connectivity index (χ4v) is 5.43. The van der Waals surface area contributed by atoms with Crippen LogP contribution >= 0.6 is 0 Å². The third-order valence-electron chi connectivity index (χ3n) is 5.32. The van der Waals surface area contributed by atoms with E-state index in [9.17, 15) is 13.2 Å². The first-order valence-electron chi connectivity index (χ1n) is 9.71. The number of methoxy groups -OCH3 is 1. The maximum absolute atomic E-state index is 13.5. The van der Waals surface area contributed by atoms with Crippen LogP contribution in [0.1, 0.15) is 44.0 Å². The van der Waals surface area contributed by atoms with Crippen molar-refractivity contribution in [3.63, 3.8) is 0 Å². The van der Waals surface area contributed by atoms with Gasteiger partial charge in [-0.15, -0.1) is 0 Å². The molecule has 2 heterocycles. The Labute approximate surface area is 171 Å². The molecule has 0 bridgehead atoms. The molecule has 7 nitrogen and oxygen atoms in total. The molecule has 1 aromatic heterocycles. The van der Waals surface area contributed by atoms with Crippen LogP contribution in [0, 0.1) is 13.8 Å². The van der Waals surface area contributed by atoms with Crippen LogP contribution in [0.3, 0.4) is 0 Å². The fraction of sp³-hybridized carbons (Fsp3) is 0.476. The molecule has 1 fully saturated rings. The Kier molecular flexibility index (Phi) is 6.05. The highest BCUT2D eigenvalue weighted by Gasteiger charge is 2.33. The average molecular weight is 421 g/mol. The lowest BCUT2D eigenvalue weighted by Gasteiger charge is -2.19. The van der Waals surface area contributed by atoms with Gasteiger partial charge in [0, 0.05) is 18.3 Å². The molecule has 8 heteroatoms. The summed E-state index contributed by atoms with van der Waals surface area (Å²) >= 11 is 0. The predicted molar refractivity (Wildman–Crippen MR) is 110 cm³/mol. The van der Waals surface area contributed by atoms with E-state index in [0.717, 1.165) is 12.1 Å². The Bertz CT molecular complexity index is 1000. The molecule has 1 aromatic carbocycles. The van der Waals surface area contributed by atoms with Crippen molar-refractivity contribution in [1.29, 1.82) is 0 Å². The van der Waals surface area contributed by atoms with Crippen molar-refractivity contribution in [3.05, 3.63) is 35.5 Å². The van der Waals surface area contributed by atoms with Crippen LogP contribution in [0.15, 0.2) is 34.1 Å². The molecule has 0 radical (unpaired) electrons. The smallest absolute Gasteiger partial charge is 0.254 e. The highest BCUT2D eigenvalue weighted by atomic mass is 32.2. The number of sulfone groups is 1. The quantitative estimate of drug-likeness (QED) is 0.771. The number of nitrogens with one attached hydrogen (secondary N) is 1. The number of carbonyl (C=O) groups excluding carboxylic acids is 1. The standard InChI is InChI=1S/C21H28N2O5S/c1-13(2)23-15(4)14(3)19(20(23)22-21(24)18-7-6-12-28-18)29(25,26)17-10-8-16(27-5)9-11-17/h8-11,13,18H,6-7,12H2,1-5H3,(H,22,24)/t18-/m1/s1. The van der Waals surface area contributed by atoms with Crippen LogP contribution < -0.4 is 10.1 Å². The number of ether oxygens (including phenoxy) is 2. The van der Waals surface area contributed by atoms with E-state index in [1.807, 2.05) is 25.3 Å². The highest BCUT2D eigenvalue weighted by molar-refractivity contribution is 7.91. The van der Waals surface area contributed by atoms with Crippen molar-refractivity contribution in [2.45, 2.75) is 62.5 Å². The summed E-state index contributed by atoms with van der Waals surface area (Å²) in [5.74, 6) is 0.558. The Morgan fingerprint density at radius 3 is 2.41 bits per heavy atom. The molecule has 1 aliphatic heterocycles. The minimum Gasteiger partial charge on any atom is -0.497 e. The summed E-state index contributed by atoms with van der Waals surface area (Å²) in [4.78, 5) is 13.0. The normalized spacial score (nSPS) is 17.0. The van der Waals surface area contributed by atoms with Crippen molar-refractivity contribution in [2.24, 2.45) is 0 Å². The Balaban J connectivity index is 2.13. The summed E-state index contributed by atoms with van der Waals surface area (Å²) < 4.78 is 39.5. The lowest BCUT2D eigenvalue weighted by molar-refractivity contribution is -0.124. The van der Waals surface area contributed by atoms with Gasteiger partial charge in [0.15, 0.2) is 0 Å². The molecule has 2 aromatic rings. The molecule has 3 rings (SSSR count). The highest BCUT2D eigenvalue weighted by Crippen LogP contribution is 2.37. The van der Waals surface area contributed by atoms with Gasteiger partial charge in [0.2, 0.25) is 9.84 Å². The summed E-state index contributed by atoms with van der Waals surface area (Å²) in [5.41, 5.74) is 1.42. The maximum atomic E-state index is 13.5. The van der Waals surface area contributed by atoms with Gasteiger partial charge in [-0.25, -0.2) is 8.42 Å². The lowest BCUT2D eigenvalue weighted by atomic mass is 10.2. The topological polar surface area (TPSA) is 86.6 Å². The minimum absolute atomic E-state index is 0.0340. The van der Waals surface area contributed by atoms with E-state index in [1.165, 1.54) is 19.2 Å². The second kappa shape index (κ2) is 8.20. The monoisotopic (exact) mass is 420 g/mol. The molecule has 158 valence electrons. The summed E-state index contributed by atoms with van der Waals surface area (Å²) in [6, 6.07) is 6.22. The minimum atomic E-state index is -3.86. The molecule has 1 aliphatic rings. The van der Waals surface area contributed by atoms with Gasteiger partial charge in [0.1, 0.15) is 22.6 Å². The number of rotatable bonds is 6. The first-order valence-corrected chi connectivity index (χ1v) is 11.2. The van der Waals surface area contributed by atoms with Crippen LogP contribution in [0.25, 0.3) is 0 Å². The van der Waals surface area contributed by atoms with Crippen molar-refractivity contribution in [3.8, 4) is 5.75 Å². The van der Waals surface area contributed by atoms with Crippen molar-refractivity contribution in [2.75, 3.05) is 19.0 Å². The molecule has 29 heavy (non-hydrogen) atoms. The summed E-state index contributed by atoms with van der Waals surface area (Å²) in [6.07, 6.45) is 0.896. The molecule has 0 saturated carbocycles. The molecule has 1 amide bonds. The van der Waals surface area contributed by atoms with Crippen LogP contribution in [0.5, 0.6) is 5.75 Å². The average Bonchev–Trinajstić information content (AvgIpc) is 3.29. The van der Waals surface area contributed by atoms with Crippen LogP contribution in [-0.2, 0) is 19.4 Å². The van der Waals surface area contributed by atoms with Gasteiger partial charge in [-0.1, -0.05) is 0 Å². The van der Waals surface area contributed by atoms with Gasteiger partial charge in [0.05, 0.1) is 12.0 Å². The van der Waals surface area contributed by atoms with E-state index in [0.29, 0.717) is 30.2 Å². The summed E-state index contributed by atoms with van der Waals surface area (Å²) in [7, 11) is -2.34. The number of aromatic nitrogens is 1. The second-order valence-corrected chi connectivity index (χ2v) is 9.41. The van der Waals surface area contributed by atoms with Gasteiger partial charge in [0.25, 0.3) is 5.91 Å². The largest absolute Gasteiger partial charge is 0.497 e. The first kappa shape index (κ1) is 21.4. The van der Waals surface area contributed by atoms with Crippen LogP contribution in [0.2, 0.25) is 0 Å². The number of amides is 1. The number of hydrogen-bond donors (Lipinski definition) is 1. The van der Waals surface area contributed by atoms with Gasteiger partial charge >= 0.3 is 0 Å². The Hall–Kier alpha value is -2.32. The number of nitrogens with zero attached hydrogens (tertiary/aromatic N) is 1. The first-order chi connectivity index (χ1) is 13.7. The zero-order chi connectivity index (χ0) is 21.3. The molecule has 1 saturated heterocycles. The van der Waals surface area contributed by atoms with Crippen molar-refractivity contribution < 1.29 is 22.7 Å². The van der Waals surface area contributed by atoms with Crippen LogP contribution in [-0.4, -0.2) is 38.7 Å². The third kappa shape index (κ3) is 3.91. The lowest BCUT2D eigenvalue weighted by Crippen LogP contribution is -2.29. The van der Waals surface area contributed by atoms with E-state index in [-0.39, 0.29) is 21.7 Å². The molecule has 0 unspecified atom stereocenters. The molecule has 0 aliphatic carbocycles. The molecule has 1 atom stereocenters. The molecular weight excluding hydrogens is 392 g/mol. The van der Waals surface area contributed by atoms with E-state index in [1.54, 1.807) is 19.1 Å². The number of anilines is 1. The SMILES string of the molecule is COc1ccc(S(=O)(=O)c2c(C)c(C)n(C(C)C)c2NC(=O)[C@H]2CCCO2)cc1. The maximum Gasteiger partial charge on any atom is 0.254 e. The predicted octanol–water partition coefficient (Wildman–Crippen LogP) is 3.64. The van der Waals surface area contributed by atoms with E-state index in [2.05, 4.69) is 5.32 Å². The zero-order valence-corrected chi connectivity index (χ0v) is 18.3. The molecular formula is C21H28N2O5S. The number of hydrogen-bond acceptors (Lipinski definition) is 5. The summed E-state index contributed by atoms with van der Waals surface area (Å²) in [6.45, 7) is 8.09. The molecule has 0 spiro atoms. The fourth-order valence-electron chi connectivity index (χ4n) is 3.75. The van der Waals surface area contributed by atoms with Crippen molar-refractivity contribution in [1.82, 2.24) is 4.57 Å². The zero-order valence-electron chi connectivity index (χ0n) is 17.5. The van der Waals surface area contributed by atoms with Gasteiger partial charge in [-0.3, -0.25) is 4.79 Å². The van der Waals surface area contributed by atoms with Gasteiger partial charge < -0.3 is 19.4 Å².